The molecule has 2 saturated heterocycles. The number of aliphatic hydroxyl groups is 1. The molecule has 6 rings (SSSR count). The molecule has 1 unspecified atom stereocenters. The van der Waals surface area contributed by atoms with Crippen LogP contribution < -0.4 is 14.5 Å². The van der Waals surface area contributed by atoms with Gasteiger partial charge in [0.2, 0.25) is 0 Å². The highest BCUT2D eigenvalue weighted by Gasteiger charge is 2.34. The van der Waals surface area contributed by atoms with Crippen molar-refractivity contribution in [3.63, 3.8) is 0 Å². The van der Waals surface area contributed by atoms with Crippen LogP contribution in [0.3, 0.4) is 0 Å². The van der Waals surface area contributed by atoms with Crippen molar-refractivity contribution >= 4 is 11.5 Å². The summed E-state index contributed by atoms with van der Waals surface area (Å²) >= 11 is 0. The number of hydrogen-bond donors (Lipinski definition) is 1. The topological polar surface area (TPSA) is 92.0 Å². The number of anilines is 2. The van der Waals surface area contributed by atoms with Gasteiger partial charge in [0.1, 0.15) is 18.6 Å². The van der Waals surface area contributed by atoms with Gasteiger partial charge in [0.05, 0.1) is 30.8 Å². The number of fused-ring (bicyclic) bond motifs is 2. The summed E-state index contributed by atoms with van der Waals surface area (Å²) in [6, 6.07) is 9.34. The lowest BCUT2D eigenvalue weighted by Crippen LogP contribution is -2.55. The van der Waals surface area contributed by atoms with E-state index < -0.39 is 12.3 Å². The molecule has 1 N–H and O–H groups in total. The summed E-state index contributed by atoms with van der Waals surface area (Å²) in [7, 11) is 2.14. The second kappa shape index (κ2) is 12.1. The Morgan fingerprint density at radius 2 is 2.00 bits per heavy atom. The zero-order valence-electron chi connectivity index (χ0n) is 24.3. The molecule has 0 bridgehead atoms. The predicted molar refractivity (Wildman–Crippen MR) is 156 cm³/mol. The zero-order valence-corrected chi connectivity index (χ0v) is 24.3. The monoisotopic (exact) mass is 563 g/mol. The first kappa shape index (κ1) is 28.1. The van der Waals surface area contributed by atoms with Gasteiger partial charge in [-0.1, -0.05) is 12.1 Å². The van der Waals surface area contributed by atoms with Crippen LogP contribution in [0.15, 0.2) is 18.2 Å². The highest BCUT2D eigenvalue weighted by atomic mass is 19.1. The normalized spacial score (nSPS) is 25.6. The van der Waals surface area contributed by atoms with Gasteiger partial charge in [-0.2, -0.15) is 15.2 Å². The van der Waals surface area contributed by atoms with Crippen LogP contribution in [0.2, 0.25) is 0 Å². The molecule has 41 heavy (non-hydrogen) atoms. The maximum Gasteiger partial charge on any atom is 0.318 e. The van der Waals surface area contributed by atoms with Crippen molar-refractivity contribution in [3.05, 3.63) is 40.6 Å². The number of nitriles is 1. The van der Waals surface area contributed by atoms with Gasteiger partial charge in [-0.25, -0.2) is 4.39 Å². The van der Waals surface area contributed by atoms with Crippen molar-refractivity contribution in [1.82, 2.24) is 19.8 Å². The van der Waals surface area contributed by atoms with Gasteiger partial charge < -0.3 is 24.5 Å². The van der Waals surface area contributed by atoms with Crippen LogP contribution in [0.25, 0.3) is 0 Å². The van der Waals surface area contributed by atoms with Crippen molar-refractivity contribution in [2.24, 2.45) is 0 Å². The Labute approximate surface area is 242 Å². The number of aromatic nitrogens is 2. The third kappa shape index (κ3) is 5.85. The Kier molecular flexibility index (Phi) is 8.29. The molecule has 0 spiro atoms. The summed E-state index contributed by atoms with van der Waals surface area (Å²) < 4.78 is 20.2. The Morgan fingerprint density at radius 3 is 2.78 bits per heavy atom. The minimum absolute atomic E-state index is 0.0532. The molecule has 2 fully saturated rings. The molecule has 0 saturated carbocycles. The van der Waals surface area contributed by atoms with Crippen molar-refractivity contribution in [2.45, 2.75) is 76.4 Å². The molecule has 3 aliphatic heterocycles. The van der Waals surface area contributed by atoms with Crippen LogP contribution in [-0.4, -0.2) is 96.1 Å². The van der Waals surface area contributed by atoms with Crippen LogP contribution in [-0.2, 0) is 19.4 Å². The quantitative estimate of drug-likeness (QED) is 0.520. The van der Waals surface area contributed by atoms with Crippen molar-refractivity contribution in [2.75, 3.05) is 62.7 Å². The van der Waals surface area contributed by atoms with Crippen LogP contribution >= 0.6 is 0 Å². The van der Waals surface area contributed by atoms with E-state index in [-0.39, 0.29) is 6.04 Å². The summed E-state index contributed by atoms with van der Waals surface area (Å²) in [4.78, 5) is 19.0. The zero-order chi connectivity index (χ0) is 28.5. The van der Waals surface area contributed by atoms with Gasteiger partial charge in [-0.3, -0.25) is 4.90 Å². The molecule has 0 radical (unpaired) electrons. The summed E-state index contributed by atoms with van der Waals surface area (Å²) in [5.74, 6) is 0.888. The molecule has 0 amide bonds. The standard InChI is InChI=1S/C31H42FN7O2/c1-21(32)17-37-15-16-39(18-23(37)10-12-33)30-25-11-14-38(27-7-3-5-22-8-9-28(40)29(22)27)19-26(25)34-31(35-30)41-20-24-6-4-13-36(24)2/h3,5,7,21,23-24,28,40H,4,6,8-11,13-20H2,1-2H3/t21?,23-,24-,28+/m0/s1. The molecule has 1 aromatic heterocycles. The number of likely N-dealkylation sites (N-methyl/N-ethyl adjacent to an activating group) is 1. The van der Waals surface area contributed by atoms with Crippen LogP contribution in [0, 0.1) is 11.3 Å². The van der Waals surface area contributed by atoms with Gasteiger partial charge in [-0.15, -0.1) is 0 Å². The van der Waals surface area contributed by atoms with E-state index in [2.05, 4.69) is 50.9 Å². The first-order chi connectivity index (χ1) is 19.9. The lowest BCUT2D eigenvalue weighted by Gasteiger charge is -2.42. The number of hydrogen-bond acceptors (Lipinski definition) is 9. The molecule has 4 aliphatic rings. The molecule has 4 heterocycles. The van der Waals surface area contributed by atoms with E-state index in [1.807, 2.05) is 0 Å². The fourth-order valence-electron chi connectivity index (χ4n) is 7.14. The van der Waals surface area contributed by atoms with Gasteiger partial charge in [0.15, 0.2) is 0 Å². The van der Waals surface area contributed by atoms with Gasteiger partial charge >= 0.3 is 6.01 Å². The smallest absolute Gasteiger partial charge is 0.318 e. The first-order valence-electron chi connectivity index (χ1n) is 15.2. The number of alkyl halides is 1. The largest absolute Gasteiger partial charge is 0.462 e. The number of likely N-dealkylation sites (tertiary alicyclic amines) is 1. The Balaban J connectivity index is 1.30. The summed E-state index contributed by atoms with van der Waals surface area (Å²) in [5, 5.41) is 20.3. The summed E-state index contributed by atoms with van der Waals surface area (Å²) in [6.45, 7) is 6.99. The highest BCUT2D eigenvalue weighted by molar-refractivity contribution is 5.62. The number of rotatable bonds is 8. The molecule has 1 aromatic carbocycles. The molecule has 9 nitrogen and oxygen atoms in total. The number of aryl methyl sites for hydroxylation is 1. The Morgan fingerprint density at radius 1 is 1.12 bits per heavy atom. The van der Waals surface area contributed by atoms with Crippen molar-refractivity contribution < 1.29 is 14.2 Å². The molecular formula is C31H42FN7O2. The molecular weight excluding hydrogens is 521 g/mol. The van der Waals surface area contributed by atoms with E-state index in [1.165, 1.54) is 12.0 Å². The molecule has 4 atom stereocenters. The van der Waals surface area contributed by atoms with E-state index >= 15 is 0 Å². The van der Waals surface area contributed by atoms with Crippen LogP contribution in [0.4, 0.5) is 15.9 Å². The average Bonchev–Trinajstić information content (AvgIpc) is 3.56. The van der Waals surface area contributed by atoms with Crippen LogP contribution in [0.1, 0.15) is 61.1 Å². The second-order valence-electron chi connectivity index (χ2n) is 12.2. The number of benzene rings is 1. The SMILES string of the molecule is CC(F)CN1CCN(c2nc(OC[C@@H]3CCCN3C)nc3c2CCN(c2cccc4c2[C@H](O)CC4)C3)C[C@@H]1CC#N. The minimum atomic E-state index is -0.938. The Hall–Kier alpha value is -3.00. The van der Waals surface area contributed by atoms with E-state index in [1.54, 1.807) is 6.92 Å². The molecule has 10 heteroatoms. The lowest BCUT2D eigenvalue weighted by atomic mass is 10.00. The van der Waals surface area contributed by atoms with Crippen LogP contribution in [0.5, 0.6) is 6.01 Å². The fraction of sp³-hybridized carbons (Fsp3) is 0.645. The maximum atomic E-state index is 13.9. The van der Waals surface area contributed by atoms with Crippen molar-refractivity contribution in [1.29, 1.82) is 5.26 Å². The van der Waals surface area contributed by atoms with Crippen molar-refractivity contribution in [3.8, 4) is 12.1 Å². The minimum Gasteiger partial charge on any atom is -0.462 e. The van der Waals surface area contributed by atoms with Gasteiger partial charge in [0, 0.05) is 61.6 Å². The average molecular weight is 564 g/mol. The highest BCUT2D eigenvalue weighted by Crippen LogP contribution is 2.40. The molecule has 2 aromatic rings. The number of ether oxygens (including phenoxy) is 1. The number of halogens is 1. The first-order valence-corrected chi connectivity index (χ1v) is 15.2. The number of aliphatic hydroxyl groups excluding tert-OH is 1. The van der Waals surface area contributed by atoms with E-state index in [0.717, 1.165) is 67.1 Å². The van der Waals surface area contributed by atoms with Gasteiger partial charge in [-0.05, 0) is 64.3 Å². The van der Waals surface area contributed by atoms with E-state index in [4.69, 9.17) is 14.7 Å². The fourth-order valence-corrected chi connectivity index (χ4v) is 7.14. The Bertz CT molecular complexity index is 1280. The third-order valence-electron chi connectivity index (χ3n) is 9.35. The lowest BCUT2D eigenvalue weighted by molar-refractivity contribution is 0.137. The van der Waals surface area contributed by atoms with E-state index in [9.17, 15) is 14.8 Å². The second-order valence-corrected chi connectivity index (χ2v) is 12.2. The van der Waals surface area contributed by atoms with E-state index in [0.29, 0.717) is 57.8 Å². The molecule has 220 valence electrons. The maximum absolute atomic E-state index is 13.9. The number of piperazine rings is 1. The molecule has 1 aliphatic carbocycles. The predicted octanol–water partition coefficient (Wildman–Crippen LogP) is 3.25. The summed E-state index contributed by atoms with van der Waals surface area (Å²) in [6.07, 6.45) is 3.72. The third-order valence-corrected chi connectivity index (χ3v) is 9.35. The number of nitrogens with zero attached hydrogens (tertiary/aromatic N) is 7. The summed E-state index contributed by atoms with van der Waals surface area (Å²) in [5.41, 5.74) is 5.47. The van der Waals surface area contributed by atoms with Gasteiger partial charge in [0.25, 0.3) is 0 Å².